The van der Waals surface area contributed by atoms with E-state index in [0.717, 1.165) is 42.2 Å². The van der Waals surface area contributed by atoms with Gasteiger partial charge < -0.3 is 14.0 Å². The molecule has 158 valence electrons. The first-order chi connectivity index (χ1) is 15.3. The van der Waals surface area contributed by atoms with E-state index in [2.05, 4.69) is 37.6 Å². The number of imidazole rings is 1. The second-order valence-electron chi connectivity index (χ2n) is 7.81. The molecular formula is C24H25N5O2. The average molecular weight is 415 g/mol. The normalized spacial score (nSPS) is 15.9. The molecule has 0 bridgehead atoms. The van der Waals surface area contributed by atoms with Gasteiger partial charge in [-0.25, -0.2) is 4.98 Å². The Kier molecular flexibility index (Phi) is 5.60. The number of hydrogen-bond donors (Lipinski definition) is 0. The average Bonchev–Trinajstić information content (AvgIpc) is 3.19. The summed E-state index contributed by atoms with van der Waals surface area (Å²) >= 11 is 0. The quantitative estimate of drug-likeness (QED) is 0.459. The molecule has 1 aromatic carbocycles. The fourth-order valence-electron chi connectivity index (χ4n) is 4.24. The molecule has 7 nitrogen and oxygen atoms in total. The lowest BCUT2D eigenvalue weighted by atomic mass is 10.1. The Morgan fingerprint density at radius 1 is 1.06 bits per heavy atom. The minimum atomic E-state index is 0.162. The Bertz CT molecular complexity index is 1110. The van der Waals surface area contributed by atoms with Gasteiger partial charge in [0.05, 0.1) is 30.8 Å². The molecule has 0 unspecified atom stereocenters. The maximum absolute atomic E-state index is 5.93. The maximum Gasteiger partial charge on any atom is 0.136 e. The van der Waals surface area contributed by atoms with E-state index in [0.29, 0.717) is 13.2 Å². The van der Waals surface area contributed by atoms with Gasteiger partial charge in [-0.05, 0) is 35.4 Å². The van der Waals surface area contributed by atoms with E-state index in [1.807, 2.05) is 49.1 Å². The van der Waals surface area contributed by atoms with Crippen molar-refractivity contribution in [3.05, 3.63) is 84.2 Å². The smallest absolute Gasteiger partial charge is 0.136 e. The first-order valence-corrected chi connectivity index (χ1v) is 10.4. The Morgan fingerprint density at radius 2 is 1.81 bits per heavy atom. The van der Waals surface area contributed by atoms with Crippen LogP contribution in [0.1, 0.15) is 23.0 Å². The molecule has 0 amide bonds. The second kappa shape index (κ2) is 8.83. The molecule has 0 N–H and O–H groups in total. The van der Waals surface area contributed by atoms with Crippen molar-refractivity contribution >= 4 is 11.0 Å². The summed E-state index contributed by atoms with van der Waals surface area (Å²) in [5, 5.41) is 0. The van der Waals surface area contributed by atoms with Crippen LogP contribution in [0.4, 0.5) is 0 Å². The van der Waals surface area contributed by atoms with Crippen LogP contribution < -0.4 is 4.74 Å². The zero-order chi connectivity index (χ0) is 21.0. The monoisotopic (exact) mass is 415 g/mol. The van der Waals surface area contributed by atoms with Crippen molar-refractivity contribution in [1.29, 1.82) is 0 Å². The third kappa shape index (κ3) is 4.28. The standard InChI is InChI=1S/C24H25N5O2/c1-30-21-6-7-23-22(10-21)27-24-17-31-16-20(29(23)24)15-28(13-18-4-2-8-25-11-18)14-19-5-3-9-26-12-19/h2-12,20H,13-17H2,1H3/t20-/m0/s1. The van der Waals surface area contributed by atoms with Crippen molar-refractivity contribution in [1.82, 2.24) is 24.4 Å². The highest BCUT2D eigenvalue weighted by atomic mass is 16.5. The summed E-state index contributed by atoms with van der Waals surface area (Å²) in [5.74, 6) is 1.78. The van der Waals surface area contributed by atoms with E-state index >= 15 is 0 Å². The van der Waals surface area contributed by atoms with Crippen molar-refractivity contribution in [2.45, 2.75) is 25.7 Å². The first-order valence-electron chi connectivity index (χ1n) is 10.4. The molecule has 31 heavy (non-hydrogen) atoms. The van der Waals surface area contributed by atoms with E-state index in [1.54, 1.807) is 7.11 Å². The van der Waals surface area contributed by atoms with Crippen LogP contribution in [-0.2, 0) is 24.4 Å². The Labute approximate surface area is 181 Å². The molecule has 0 fully saturated rings. The molecule has 4 aromatic rings. The number of fused-ring (bicyclic) bond motifs is 3. The van der Waals surface area contributed by atoms with Gasteiger partial charge in [-0.2, -0.15) is 0 Å². The SMILES string of the molecule is COc1ccc2c(c1)nc1n2[C@@H](CN(Cc2cccnc2)Cc2cccnc2)COC1. The first kappa shape index (κ1) is 19.7. The highest BCUT2D eigenvalue weighted by Crippen LogP contribution is 2.29. The molecule has 4 heterocycles. The highest BCUT2D eigenvalue weighted by Gasteiger charge is 2.26. The van der Waals surface area contributed by atoms with Gasteiger partial charge in [0.1, 0.15) is 18.2 Å². The highest BCUT2D eigenvalue weighted by molar-refractivity contribution is 5.78. The Hall–Kier alpha value is -3.29. The zero-order valence-electron chi connectivity index (χ0n) is 17.5. The maximum atomic E-state index is 5.93. The van der Waals surface area contributed by atoms with Crippen LogP contribution in [0.2, 0.25) is 0 Å². The minimum absolute atomic E-state index is 0.162. The van der Waals surface area contributed by atoms with Gasteiger partial charge in [-0.3, -0.25) is 14.9 Å². The number of pyridine rings is 2. The summed E-state index contributed by atoms with van der Waals surface area (Å²) in [4.78, 5) is 15.8. The van der Waals surface area contributed by atoms with Crippen molar-refractivity contribution < 1.29 is 9.47 Å². The third-order valence-corrected chi connectivity index (χ3v) is 5.60. The molecule has 0 radical (unpaired) electrons. The number of ether oxygens (including phenoxy) is 2. The van der Waals surface area contributed by atoms with Crippen molar-refractivity contribution in [3.63, 3.8) is 0 Å². The van der Waals surface area contributed by atoms with Gasteiger partial charge in [0, 0.05) is 50.5 Å². The summed E-state index contributed by atoms with van der Waals surface area (Å²) in [7, 11) is 1.68. The molecule has 1 aliphatic heterocycles. The number of nitrogens with zero attached hydrogens (tertiary/aromatic N) is 5. The number of rotatable bonds is 7. The van der Waals surface area contributed by atoms with Crippen molar-refractivity contribution in [2.75, 3.05) is 20.3 Å². The fraction of sp³-hybridized carbons (Fsp3) is 0.292. The summed E-state index contributed by atoms with van der Waals surface area (Å²) in [6.45, 7) is 3.61. The Morgan fingerprint density at radius 3 is 2.45 bits per heavy atom. The van der Waals surface area contributed by atoms with Crippen LogP contribution in [0.5, 0.6) is 5.75 Å². The van der Waals surface area contributed by atoms with Gasteiger partial charge in [0.15, 0.2) is 0 Å². The summed E-state index contributed by atoms with van der Waals surface area (Å²) in [6, 6.07) is 14.4. The van der Waals surface area contributed by atoms with Crippen molar-refractivity contribution in [2.24, 2.45) is 0 Å². The van der Waals surface area contributed by atoms with E-state index in [9.17, 15) is 0 Å². The van der Waals surface area contributed by atoms with E-state index in [-0.39, 0.29) is 6.04 Å². The van der Waals surface area contributed by atoms with Crippen LogP contribution in [-0.4, -0.2) is 44.7 Å². The van der Waals surface area contributed by atoms with Gasteiger partial charge in [-0.1, -0.05) is 12.1 Å². The van der Waals surface area contributed by atoms with Crippen LogP contribution in [0.25, 0.3) is 11.0 Å². The topological polar surface area (TPSA) is 65.3 Å². The number of benzene rings is 1. The predicted octanol–water partition coefficient (Wildman–Crippen LogP) is 3.61. The number of aromatic nitrogens is 4. The van der Waals surface area contributed by atoms with E-state index in [4.69, 9.17) is 14.5 Å². The molecule has 0 spiro atoms. The lowest BCUT2D eigenvalue weighted by Gasteiger charge is -2.32. The lowest BCUT2D eigenvalue weighted by Crippen LogP contribution is -2.35. The van der Waals surface area contributed by atoms with Crippen molar-refractivity contribution in [3.8, 4) is 5.75 Å². The zero-order valence-corrected chi connectivity index (χ0v) is 17.5. The Balaban J connectivity index is 1.45. The molecule has 1 aliphatic rings. The van der Waals surface area contributed by atoms with Crippen LogP contribution >= 0.6 is 0 Å². The van der Waals surface area contributed by atoms with Crippen LogP contribution in [0.3, 0.4) is 0 Å². The molecule has 7 heteroatoms. The predicted molar refractivity (Wildman–Crippen MR) is 118 cm³/mol. The summed E-state index contributed by atoms with van der Waals surface area (Å²) in [6.07, 6.45) is 7.47. The van der Waals surface area contributed by atoms with E-state index in [1.165, 1.54) is 11.1 Å². The molecule has 0 saturated heterocycles. The molecular weight excluding hydrogens is 390 g/mol. The van der Waals surface area contributed by atoms with Gasteiger partial charge in [0.2, 0.25) is 0 Å². The molecule has 3 aromatic heterocycles. The summed E-state index contributed by atoms with van der Waals surface area (Å²) < 4.78 is 13.6. The lowest BCUT2D eigenvalue weighted by molar-refractivity contribution is 0.0402. The van der Waals surface area contributed by atoms with Crippen LogP contribution in [0.15, 0.2) is 67.3 Å². The largest absolute Gasteiger partial charge is 0.497 e. The molecule has 0 saturated carbocycles. The number of hydrogen-bond acceptors (Lipinski definition) is 6. The van der Waals surface area contributed by atoms with Gasteiger partial charge >= 0.3 is 0 Å². The molecule has 5 rings (SSSR count). The number of methoxy groups -OCH3 is 1. The second-order valence-corrected chi connectivity index (χ2v) is 7.81. The van der Waals surface area contributed by atoms with E-state index < -0.39 is 0 Å². The molecule has 1 atom stereocenters. The minimum Gasteiger partial charge on any atom is -0.497 e. The fourth-order valence-corrected chi connectivity index (χ4v) is 4.24. The third-order valence-electron chi connectivity index (χ3n) is 5.60. The molecule has 0 aliphatic carbocycles. The summed E-state index contributed by atoms with van der Waals surface area (Å²) in [5.41, 5.74) is 4.43. The van der Waals surface area contributed by atoms with Gasteiger partial charge in [0.25, 0.3) is 0 Å². The van der Waals surface area contributed by atoms with Gasteiger partial charge in [-0.15, -0.1) is 0 Å². The van der Waals surface area contributed by atoms with Crippen LogP contribution in [0, 0.1) is 0 Å².